The molecule has 9 heteroatoms. The first kappa shape index (κ1) is 17.3. The number of nitrogens with zero attached hydrogens (tertiary/aromatic N) is 5. The first-order chi connectivity index (χ1) is 12.4. The van der Waals surface area contributed by atoms with Crippen LogP contribution in [0.2, 0.25) is 0 Å². The summed E-state index contributed by atoms with van der Waals surface area (Å²) in [6, 6.07) is 4.85. The molecule has 0 saturated heterocycles. The van der Waals surface area contributed by atoms with Crippen molar-refractivity contribution in [2.24, 2.45) is 0 Å². The average Bonchev–Trinajstić information content (AvgIpc) is 2.63. The molecule has 0 amide bonds. The van der Waals surface area contributed by atoms with Gasteiger partial charge in [-0.1, -0.05) is 0 Å². The second-order valence-electron chi connectivity index (χ2n) is 5.67. The number of pyridine rings is 2. The van der Waals surface area contributed by atoms with Gasteiger partial charge in [-0.3, -0.25) is 0 Å². The number of rotatable bonds is 4. The van der Waals surface area contributed by atoms with Crippen molar-refractivity contribution in [2.45, 2.75) is 0 Å². The summed E-state index contributed by atoms with van der Waals surface area (Å²) in [7, 11) is 5.17. The summed E-state index contributed by atoms with van der Waals surface area (Å²) >= 11 is 0. The van der Waals surface area contributed by atoms with E-state index in [0.29, 0.717) is 28.5 Å². The van der Waals surface area contributed by atoms with Crippen molar-refractivity contribution >= 4 is 17.6 Å². The van der Waals surface area contributed by atoms with Crippen molar-refractivity contribution in [1.82, 2.24) is 19.9 Å². The molecule has 3 aromatic rings. The SMILES string of the molecule is COc1ccc(-c2ccnc(N)c2F)nc1-c1cnc(N)nc1N(C)C. The Kier molecular flexibility index (Phi) is 4.53. The quantitative estimate of drug-likeness (QED) is 0.730. The Morgan fingerprint density at radius 2 is 1.81 bits per heavy atom. The molecule has 0 unspecified atom stereocenters. The molecule has 0 aliphatic rings. The van der Waals surface area contributed by atoms with Gasteiger partial charge in [0.05, 0.1) is 18.4 Å². The molecule has 0 aliphatic heterocycles. The van der Waals surface area contributed by atoms with E-state index in [1.165, 1.54) is 19.4 Å². The van der Waals surface area contributed by atoms with E-state index in [0.717, 1.165) is 0 Å². The molecular weight excluding hydrogens is 337 g/mol. The van der Waals surface area contributed by atoms with Gasteiger partial charge >= 0.3 is 0 Å². The highest BCUT2D eigenvalue weighted by Crippen LogP contribution is 2.36. The molecule has 3 aromatic heterocycles. The smallest absolute Gasteiger partial charge is 0.221 e. The monoisotopic (exact) mass is 355 g/mol. The van der Waals surface area contributed by atoms with E-state index in [-0.39, 0.29) is 17.3 Å². The number of halogens is 1. The van der Waals surface area contributed by atoms with Gasteiger partial charge in [-0.25, -0.2) is 19.3 Å². The molecular formula is C17H18FN7O. The Hall–Kier alpha value is -3.49. The summed E-state index contributed by atoms with van der Waals surface area (Å²) in [4.78, 5) is 18.4. The van der Waals surface area contributed by atoms with Crippen LogP contribution in [0.5, 0.6) is 5.75 Å². The van der Waals surface area contributed by atoms with E-state index in [9.17, 15) is 4.39 Å². The minimum absolute atomic E-state index is 0.139. The van der Waals surface area contributed by atoms with Gasteiger partial charge in [0.15, 0.2) is 11.6 Å². The molecule has 0 aromatic carbocycles. The number of ether oxygens (including phenoxy) is 1. The first-order valence-corrected chi connectivity index (χ1v) is 7.68. The van der Waals surface area contributed by atoms with Crippen LogP contribution in [0.4, 0.5) is 22.0 Å². The summed E-state index contributed by atoms with van der Waals surface area (Å²) in [5.74, 6) is 0.382. The summed E-state index contributed by atoms with van der Waals surface area (Å²) < 4.78 is 19.8. The standard InChI is InChI=1S/C17H18FN7O/c1-25(2)16-10(8-22-17(20)24-16)14-12(26-3)5-4-11(23-14)9-6-7-21-15(19)13(9)18/h4-8H,1-3H3,(H2,19,21)(H2,20,22,24). The van der Waals surface area contributed by atoms with Gasteiger partial charge in [-0.15, -0.1) is 0 Å². The lowest BCUT2D eigenvalue weighted by Crippen LogP contribution is -2.14. The number of hydrogen-bond acceptors (Lipinski definition) is 8. The molecule has 0 bridgehead atoms. The Morgan fingerprint density at radius 3 is 2.50 bits per heavy atom. The lowest BCUT2D eigenvalue weighted by Gasteiger charge is -2.17. The Balaban J connectivity index is 2.24. The molecule has 0 radical (unpaired) electrons. The third-order valence-corrected chi connectivity index (χ3v) is 3.74. The maximum Gasteiger partial charge on any atom is 0.221 e. The number of anilines is 3. The highest BCUT2D eigenvalue weighted by Gasteiger charge is 2.19. The van der Waals surface area contributed by atoms with Crippen LogP contribution in [0.3, 0.4) is 0 Å². The summed E-state index contributed by atoms with van der Waals surface area (Å²) in [6.45, 7) is 0. The lowest BCUT2D eigenvalue weighted by atomic mass is 10.1. The van der Waals surface area contributed by atoms with Gasteiger partial charge in [0.2, 0.25) is 5.95 Å². The molecule has 0 spiro atoms. The Morgan fingerprint density at radius 1 is 1.04 bits per heavy atom. The number of hydrogen-bond donors (Lipinski definition) is 2. The topological polar surface area (TPSA) is 116 Å². The number of nitrogen functional groups attached to an aromatic ring is 2. The predicted molar refractivity (Wildman–Crippen MR) is 98.2 cm³/mol. The molecule has 0 atom stereocenters. The van der Waals surface area contributed by atoms with Crippen LogP contribution in [0.25, 0.3) is 22.5 Å². The fourth-order valence-electron chi connectivity index (χ4n) is 2.51. The van der Waals surface area contributed by atoms with E-state index in [4.69, 9.17) is 16.2 Å². The van der Waals surface area contributed by atoms with Gasteiger partial charge in [-0.2, -0.15) is 4.98 Å². The molecule has 4 N–H and O–H groups in total. The highest BCUT2D eigenvalue weighted by molar-refractivity contribution is 5.79. The van der Waals surface area contributed by atoms with Crippen molar-refractivity contribution in [3.63, 3.8) is 0 Å². The largest absolute Gasteiger partial charge is 0.494 e. The van der Waals surface area contributed by atoms with Crippen LogP contribution >= 0.6 is 0 Å². The van der Waals surface area contributed by atoms with E-state index < -0.39 is 5.82 Å². The van der Waals surface area contributed by atoms with Crippen LogP contribution in [0, 0.1) is 5.82 Å². The zero-order valence-electron chi connectivity index (χ0n) is 14.6. The van der Waals surface area contributed by atoms with Crippen LogP contribution in [0.1, 0.15) is 0 Å². The van der Waals surface area contributed by atoms with Gasteiger partial charge in [0.1, 0.15) is 17.3 Å². The first-order valence-electron chi connectivity index (χ1n) is 7.68. The third-order valence-electron chi connectivity index (χ3n) is 3.74. The molecule has 3 heterocycles. The van der Waals surface area contributed by atoms with E-state index in [2.05, 4.69) is 19.9 Å². The molecule has 0 saturated carbocycles. The minimum atomic E-state index is -0.627. The number of methoxy groups -OCH3 is 1. The van der Waals surface area contributed by atoms with Crippen LogP contribution in [-0.2, 0) is 0 Å². The molecule has 3 rings (SSSR count). The van der Waals surface area contributed by atoms with Gasteiger partial charge in [0.25, 0.3) is 0 Å². The normalized spacial score (nSPS) is 10.6. The highest BCUT2D eigenvalue weighted by atomic mass is 19.1. The van der Waals surface area contributed by atoms with Crippen molar-refractivity contribution in [1.29, 1.82) is 0 Å². The number of aromatic nitrogens is 4. The van der Waals surface area contributed by atoms with Crippen molar-refractivity contribution in [3.8, 4) is 28.3 Å². The zero-order chi connectivity index (χ0) is 18.8. The van der Waals surface area contributed by atoms with E-state index >= 15 is 0 Å². The molecule has 0 aliphatic carbocycles. The Bertz CT molecular complexity index is 962. The third kappa shape index (κ3) is 3.06. The van der Waals surface area contributed by atoms with E-state index in [1.807, 2.05) is 14.1 Å². The van der Waals surface area contributed by atoms with Gasteiger partial charge in [-0.05, 0) is 18.2 Å². The molecule has 26 heavy (non-hydrogen) atoms. The maximum atomic E-state index is 14.4. The van der Waals surface area contributed by atoms with Gasteiger partial charge in [0, 0.05) is 32.1 Å². The second kappa shape index (κ2) is 6.79. The van der Waals surface area contributed by atoms with Crippen LogP contribution in [-0.4, -0.2) is 41.1 Å². The average molecular weight is 355 g/mol. The molecule has 134 valence electrons. The maximum absolute atomic E-state index is 14.4. The van der Waals surface area contributed by atoms with Gasteiger partial charge < -0.3 is 21.1 Å². The summed E-state index contributed by atoms with van der Waals surface area (Å²) in [6.07, 6.45) is 2.99. The van der Waals surface area contributed by atoms with Crippen LogP contribution in [0.15, 0.2) is 30.6 Å². The van der Waals surface area contributed by atoms with Crippen LogP contribution < -0.4 is 21.1 Å². The van der Waals surface area contributed by atoms with Crippen molar-refractivity contribution < 1.29 is 9.13 Å². The summed E-state index contributed by atoms with van der Waals surface area (Å²) in [5.41, 5.74) is 13.0. The van der Waals surface area contributed by atoms with Crippen molar-refractivity contribution in [3.05, 3.63) is 36.4 Å². The lowest BCUT2D eigenvalue weighted by molar-refractivity contribution is 0.415. The fourth-order valence-corrected chi connectivity index (χ4v) is 2.51. The second-order valence-corrected chi connectivity index (χ2v) is 5.67. The zero-order valence-corrected chi connectivity index (χ0v) is 14.6. The van der Waals surface area contributed by atoms with Crippen molar-refractivity contribution in [2.75, 3.05) is 37.6 Å². The van der Waals surface area contributed by atoms with E-state index in [1.54, 1.807) is 23.2 Å². The fraction of sp³-hybridized carbons (Fsp3) is 0.176. The minimum Gasteiger partial charge on any atom is -0.494 e. The molecule has 0 fully saturated rings. The Labute approximate surface area is 149 Å². The molecule has 8 nitrogen and oxygen atoms in total. The number of nitrogens with two attached hydrogens (primary N) is 2. The summed E-state index contributed by atoms with van der Waals surface area (Å²) in [5, 5.41) is 0. The predicted octanol–water partition coefficient (Wildman–Crippen LogP) is 1.98.